The van der Waals surface area contributed by atoms with Crippen LogP contribution in [0.1, 0.15) is 29.3 Å². The zero-order valence-corrected chi connectivity index (χ0v) is 27.8. The highest BCUT2D eigenvalue weighted by Crippen LogP contribution is 2.44. The van der Waals surface area contributed by atoms with E-state index >= 15 is 0 Å². The Kier molecular flexibility index (Phi) is 6.75. The lowest BCUT2D eigenvalue weighted by atomic mass is 9.80. The van der Waals surface area contributed by atoms with Crippen molar-refractivity contribution in [2.24, 2.45) is 5.41 Å². The van der Waals surface area contributed by atoms with Crippen molar-refractivity contribution < 1.29 is 0 Å². The molecular formula is C46H29N5. The molecule has 5 nitrogen and oxygen atoms in total. The van der Waals surface area contributed by atoms with Crippen LogP contribution < -0.4 is 0 Å². The van der Waals surface area contributed by atoms with E-state index in [1.54, 1.807) is 0 Å². The Labute approximate surface area is 295 Å². The van der Waals surface area contributed by atoms with Crippen molar-refractivity contribution in [1.29, 1.82) is 15.8 Å². The third-order valence-corrected chi connectivity index (χ3v) is 10.3. The quantitative estimate of drug-likeness (QED) is 0.190. The largest absolute Gasteiger partial charge is 0.308 e. The molecule has 0 N–H and O–H groups in total. The highest BCUT2D eigenvalue weighted by Gasteiger charge is 2.31. The average Bonchev–Trinajstić information content (AvgIpc) is 3.70. The zero-order chi connectivity index (χ0) is 34.7. The average molecular weight is 652 g/mol. The number of nitrogens with zero attached hydrogens (tertiary/aromatic N) is 5. The zero-order valence-electron chi connectivity index (χ0n) is 27.8. The maximum atomic E-state index is 10.6. The van der Waals surface area contributed by atoms with E-state index in [0.29, 0.717) is 17.5 Å². The van der Waals surface area contributed by atoms with Gasteiger partial charge in [-0.1, -0.05) is 103 Å². The summed E-state index contributed by atoms with van der Waals surface area (Å²) in [7, 11) is 0. The molecule has 0 radical (unpaired) electrons. The molecule has 0 saturated heterocycles. The number of aromatic nitrogens is 2. The van der Waals surface area contributed by atoms with Crippen LogP contribution >= 0.6 is 0 Å². The summed E-state index contributed by atoms with van der Waals surface area (Å²) >= 11 is 0. The van der Waals surface area contributed by atoms with Crippen molar-refractivity contribution in [3.05, 3.63) is 162 Å². The van der Waals surface area contributed by atoms with E-state index in [4.69, 9.17) is 0 Å². The summed E-state index contributed by atoms with van der Waals surface area (Å²) < 4.78 is 4.38. The first-order chi connectivity index (χ1) is 25.0. The molecule has 0 aliphatic heterocycles. The third kappa shape index (κ3) is 4.52. The van der Waals surface area contributed by atoms with E-state index in [0.717, 1.165) is 77.6 Å². The first kappa shape index (κ1) is 30.0. The van der Waals surface area contributed by atoms with Crippen LogP contribution in [0.3, 0.4) is 0 Å². The molecule has 0 fully saturated rings. The summed E-state index contributed by atoms with van der Waals surface area (Å²) in [6.45, 7) is 1.95. The number of allylic oxidation sites excluding steroid dienone is 1. The van der Waals surface area contributed by atoms with Crippen molar-refractivity contribution in [2.75, 3.05) is 0 Å². The second kappa shape index (κ2) is 11.5. The Bertz CT molecular complexity index is 2840. The van der Waals surface area contributed by atoms with E-state index in [9.17, 15) is 15.8 Å². The molecule has 5 heteroatoms. The van der Waals surface area contributed by atoms with Crippen LogP contribution in [0.15, 0.2) is 140 Å². The van der Waals surface area contributed by atoms with Crippen molar-refractivity contribution >= 4 is 38.8 Å². The van der Waals surface area contributed by atoms with Gasteiger partial charge in [0.05, 0.1) is 50.5 Å². The van der Waals surface area contributed by atoms with Crippen LogP contribution in [0.5, 0.6) is 0 Å². The topological polar surface area (TPSA) is 81.2 Å². The summed E-state index contributed by atoms with van der Waals surface area (Å²) in [6.07, 6.45) is 4.58. The minimum atomic E-state index is -0.634. The minimum absolute atomic E-state index is 0.557. The molecule has 0 amide bonds. The summed E-state index contributed by atoms with van der Waals surface area (Å²) in [6, 6.07) is 52.6. The van der Waals surface area contributed by atoms with Gasteiger partial charge in [-0.25, -0.2) is 0 Å². The standard InChI is InChI=1S/C46H29N5/c1-46(29-49)24-23-44-39(26-46)38-17-10-11-31(27-47)45(38)51(44)43-20-9-4-14-35(43)34-13-3-2-12-33(34)30-21-22-40(32(25-30)28-48)50-41-18-7-5-15-36(41)37-16-6-8-19-42(37)50/h2-25H,26H2,1H3. The fraction of sp³-hybridized carbons (Fsp3) is 0.0652. The second-order valence-corrected chi connectivity index (χ2v) is 13.3. The predicted molar refractivity (Wildman–Crippen MR) is 204 cm³/mol. The molecule has 0 bridgehead atoms. The number of fused-ring (bicyclic) bond motifs is 6. The van der Waals surface area contributed by atoms with Crippen LogP contribution in [0.25, 0.3) is 72.4 Å². The van der Waals surface area contributed by atoms with Gasteiger partial charge in [0.1, 0.15) is 12.1 Å². The number of hydrogen-bond acceptors (Lipinski definition) is 3. The fourth-order valence-corrected chi connectivity index (χ4v) is 7.92. The van der Waals surface area contributed by atoms with Crippen LogP contribution in [0.2, 0.25) is 0 Å². The minimum Gasteiger partial charge on any atom is -0.308 e. The first-order valence-corrected chi connectivity index (χ1v) is 16.9. The molecule has 1 aliphatic rings. The molecular weight excluding hydrogens is 623 g/mol. The highest BCUT2D eigenvalue weighted by molar-refractivity contribution is 6.09. The van der Waals surface area contributed by atoms with Gasteiger partial charge in [0.2, 0.25) is 0 Å². The van der Waals surface area contributed by atoms with E-state index in [1.807, 2.05) is 73.7 Å². The van der Waals surface area contributed by atoms with Gasteiger partial charge in [0.25, 0.3) is 0 Å². The van der Waals surface area contributed by atoms with Crippen molar-refractivity contribution in [2.45, 2.75) is 13.3 Å². The van der Waals surface area contributed by atoms with Gasteiger partial charge in [0.15, 0.2) is 0 Å². The van der Waals surface area contributed by atoms with Gasteiger partial charge >= 0.3 is 0 Å². The molecule has 6 aromatic carbocycles. The Morgan fingerprint density at radius 1 is 0.569 bits per heavy atom. The predicted octanol–water partition coefficient (Wildman–Crippen LogP) is 10.9. The Morgan fingerprint density at radius 3 is 1.90 bits per heavy atom. The van der Waals surface area contributed by atoms with Crippen LogP contribution in [0.4, 0.5) is 0 Å². The first-order valence-electron chi connectivity index (χ1n) is 16.9. The van der Waals surface area contributed by atoms with Crippen LogP contribution in [0, 0.1) is 39.4 Å². The number of rotatable bonds is 4. The van der Waals surface area contributed by atoms with Gasteiger partial charge in [-0.2, -0.15) is 15.8 Å². The van der Waals surface area contributed by atoms with Gasteiger partial charge in [-0.05, 0) is 78.1 Å². The fourth-order valence-electron chi connectivity index (χ4n) is 7.92. The number of nitriles is 3. The maximum absolute atomic E-state index is 10.6. The molecule has 8 aromatic rings. The van der Waals surface area contributed by atoms with E-state index in [2.05, 4.69) is 106 Å². The lowest BCUT2D eigenvalue weighted by Gasteiger charge is -2.23. The van der Waals surface area contributed by atoms with Gasteiger partial charge in [-0.3, -0.25) is 0 Å². The molecule has 1 atom stereocenters. The van der Waals surface area contributed by atoms with Crippen molar-refractivity contribution in [1.82, 2.24) is 9.13 Å². The molecule has 51 heavy (non-hydrogen) atoms. The van der Waals surface area contributed by atoms with Crippen LogP contribution in [-0.2, 0) is 6.42 Å². The number of hydrogen-bond donors (Lipinski definition) is 0. The molecule has 2 heterocycles. The summed E-state index contributed by atoms with van der Waals surface area (Å²) in [4.78, 5) is 0. The molecule has 1 unspecified atom stereocenters. The summed E-state index contributed by atoms with van der Waals surface area (Å²) in [5, 5.41) is 34.2. The van der Waals surface area contributed by atoms with Gasteiger partial charge in [0, 0.05) is 27.4 Å². The van der Waals surface area contributed by atoms with Crippen LogP contribution in [-0.4, -0.2) is 9.13 Å². The Morgan fingerprint density at radius 2 is 1.20 bits per heavy atom. The molecule has 2 aromatic heterocycles. The molecule has 238 valence electrons. The Hall–Kier alpha value is -7.13. The lowest BCUT2D eigenvalue weighted by Crippen LogP contribution is -2.18. The van der Waals surface area contributed by atoms with E-state index < -0.39 is 5.41 Å². The van der Waals surface area contributed by atoms with Gasteiger partial charge in [-0.15, -0.1) is 0 Å². The maximum Gasteiger partial charge on any atom is 0.101 e. The lowest BCUT2D eigenvalue weighted by molar-refractivity contribution is 0.562. The number of benzene rings is 6. The summed E-state index contributed by atoms with van der Waals surface area (Å²) in [5.74, 6) is 0. The summed E-state index contributed by atoms with van der Waals surface area (Å²) in [5.41, 5.74) is 11.2. The Balaban J connectivity index is 1.25. The van der Waals surface area contributed by atoms with Crippen molar-refractivity contribution in [3.63, 3.8) is 0 Å². The second-order valence-electron chi connectivity index (χ2n) is 13.3. The smallest absolute Gasteiger partial charge is 0.101 e. The SMILES string of the molecule is CC1(C#N)C=Cc2c(c3cccc(C#N)c3n2-c2ccccc2-c2ccccc2-c2ccc(-n3c4ccccc4c4ccccc43)c(C#N)c2)C1. The third-order valence-electron chi connectivity index (χ3n) is 10.3. The monoisotopic (exact) mass is 651 g/mol. The van der Waals surface area contributed by atoms with Gasteiger partial charge < -0.3 is 9.13 Å². The van der Waals surface area contributed by atoms with E-state index in [-0.39, 0.29) is 0 Å². The molecule has 1 aliphatic carbocycles. The molecule has 9 rings (SSSR count). The van der Waals surface area contributed by atoms with Crippen molar-refractivity contribution in [3.8, 4) is 51.8 Å². The van der Waals surface area contributed by atoms with E-state index in [1.165, 1.54) is 0 Å². The highest BCUT2D eigenvalue weighted by atomic mass is 15.0. The normalized spacial score (nSPS) is 15.0. The number of para-hydroxylation sites is 4. The molecule has 0 saturated carbocycles. The molecule has 0 spiro atoms.